The highest BCUT2D eigenvalue weighted by molar-refractivity contribution is 6.13. The lowest BCUT2D eigenvalue weighted by Crippen LogP contribution is -2.49. The minimum absolute atomic E-state index is 0. The Morgan fingerprint density at radius 3 is 1.63 bits per heavy atom. The van der Waals surface area contributed by atoms with E-state index in [1.807, 2.05) is 46.8 Å². The number of aryl methyl sites for hydroxylation is 3. The molecule has 460 valence electrons. The molecule has 6 aliphatic heterocycles. The van der Waals surface area contributed by atoms with E-state index >= 15 is 0 Å². The van der Waals surface area contributed by atoms with Crippen LogP contribution in [-0.4, -0.2) is 90.9 Å². The number of fused-ring (bicyclic) bond motifs is 10. The number of carbonyl (C=O) groups is 5. The Labute approximate surface area is 512 Å². The van der Waals surface area contributed by atoms with Crippen LogP contribution in [0.1, 0.15) is 137 Å². The standard InChI is InChI=1S/C34H39N3O7.C28H29N3O6.ClHN4.ClH/c1-7-21-22-15-19(3)9-10-26(22)35-28-23(21)17-37-27(28)16-25-24(29(37)38)18-42-31(40)34(25,8-2)43-30(39)20-11-13-36(14-12-20)32(41)44-33(4,5)6;1-3-17-18-11-16(32)5-6-22(18)30-24-19(17)13-31-23(24)12-21-20(25(31)33)14-36-27(35)28(21,4-2)37-26(34)15-7-9-29-10-8-15;1-3-5-4-2;/h9-10,15-16,20H,7-8,11-14,17-18H2,1-6H3;5-6,11-12,15,29,32H,3-4,7-10,13-14H2,1-2H3;2H;1H. The van der Waals surface area contributed by atoms with E-state index in [4.69, 9.17) is 39.2 Å². The molecule has 2 fully saturated rings. The number of nitrogens with zero attached hydrogens (tertiary/aromatic N) is 8. The highest BCUT2D eigenvalue weighted by atomic mass is 35.5. The molecule has 0 saturated carbocycles. The van der Waals surface area contributed by atoms with Crippen molar-refractivity contribution in [3.63, 3.8) is 0 Å². The van der Waals surface area contributed by atoms with Crippen molar-refractivity contribution < 1.29 is 52.8 Å². The largest absolute Gasteiger partial charge is 0.508 e. The van der Waals surface area contributed by atoms with Gasteiger partial charge in [0.1, 0.15) is 24.6 Å². The molecule has 2 atom stereocenters. The van der Waals surface area contributed by atoms with Gasteiger partial charge in [-0.05, 0) is 156 Å². The van der Waals surface area contributed by atoms with Gasteiger partial charge in [0, 0.05) is 46.1 Å². The van der Waals surface area contributed by atoms with Gasteiger partial charge in [0.05, 0.1) is 81.6 Å². The maximum atomic E-state index is 14.0. The lowest BCUT2D eigenvalue weighted by atomic mass is 9.85. The summed E-state index contributed by atoms with van der Waals surface area (Å²) >= 11 is 4.55. The Hall–Kier alpha value is -8.15. The number of amides is 1. The summed E-state index contributed by atoms with van der Waals surface area (Å²) in [6.45, 7) is 17.6. The highest BCUT2D eigenvalue weighted by Crippen LogP contribution is 2.45. The average molecular weight is 1230 g/mol. The van der Waals surface area contributed by atoms with Crippen LogP contribution >= 0.6 is 24.2 Å². The second-order valence-corrected chi connectivity index (χ2v) is 23.4. The number of nitrogens with one attached hydrogen (secondary N) is 2. The van der Waals surface area contributed by atoms with Crippen molar-refractivity contribution in [2.45, 2.75) is 150 Å². The van der Waals surface area contributed by atoms with E-state index in [-0.39, 0.29) is 61.2 Å². The Balaban J connectivity index is 0.000000193. The van der Waals surface area contributed by atoms with Crippen LogP contribution < -0.4 is 16.4 Å². The second kappa shape index (κ2) is 25.3. The summed E-state index contributed by atoms with van der Waals surface area (Å²) in [7, 11) is 0. The Morgan fingerprint density at radius 1 is 0.724 bits per heavy atom. The van der Waals surface area contributed by atoms with Crippen molar-refractivity contribution in [2.75, 3.05) is 26.2 Å². The summed E-state index contributed by atoms with van der Waals surface area (Å²) in [4.78, 5) is 105. The number of ether oxygens (including phenoxy) is 5. The molecule has 10 heterocycles. The molecule has 0 radical (unpaired) electrons. The number of cyclic esters (lactones) is 2. The molecular formula is C62H70Cl2N10O13. The van der Waals surface area contributed by atoms with E-state index in [1.165, 1.54) is 0 Å². The molecule has 4 aromatic heterocycles. The van der Waals surface area contributed by atoms with Gasteiger partial charge in [-0.2, -0.15) is 5.53 Å². The maximum Gasteiger partial charge on any atom is 0.410 e. The van der Waals surface area contributed by atoms with Crippen LogP contribution in [-0.2, 0) is 93.2 Å². The topological polar surface area (TPSA) is 298 Å². The van der Waals surface area contributed by atoms with Gasteiger partial charge in [0.25, 0.3) is 11.1 Å². The molecule has 87 heavy (non-hydrogen) atoms. The Kier molecular flexibility index (Phi) is 18.4. The van der Waals surface area contributed by atoms with E-state index in [9.17, 15) is 38.7 Å². The molecule has 3 N–H and O–H groups in total. The summed E-state index contributed by atoms with van der Waals surface area (Å²) in [5.41, 5.74) is 12.0. The number of hydrogen-bond donors (Lipinski definition) is 3. The number of piperidine rings is 2. The summed E-state index contributed by atoms with van der Waals surface area (Å²) in [5.74, 6) is -2.99. The molecule has 0 bridgehead atoms. The third-order valence-electron chi connectivity index (χ3n) is 17.2. The average Bonchev–Trinajstić information content (AvgIpc) is 1.69. The van der Waals surface area contributed by atoms with Crippen LogP contribution in [0.15, 0.2) is 73.2 Å². The van der Waals surface area contributed by atoms with E-state index in [1.54, 1.807) is 58.2 Å². The molecule has 2 aromatic carbocycles. The lowest BCUT2D eigenvalue weighted by molar-refractivity contribution is -0.192. The number of carbonyl (C=O) groups excluding carboxylic acids is 5. The molecule has 23 nitrogen and oxygen atoms in total. The summed E-state index contributed by atoms with van der Waals surface area (Å²) < 4.78 is 34.5. The van der Waals surface area contributed by atoms with Crippen molar-refractivity contribution in [3.8, 4) is 28.5 Å². The fourth-order valence-electron chi connectivity index (χ4n) is 12.8. The number of rotatable bonds is 9. The minimum atomic E-state index is -1.76. The number of hydrogen-bond acceptors (Lipinski definition) is 18. The highest BCUT2D eigenvalue weighted by Gasteiger charge is 2.53. The zero-order chi connectivity index (χ0) is 61.6. The van der Waals surface area contributed by atoms with Crippen LogP contribution in [0.5, 0.6) is 5.75 Å². The van der Waals surface area contributed by atoms with Gasteiger partial charge in [0.15, 0.2) is 0 Å². The number of aromatic hydroxyl groups is 1. The van der Waals surface area contributed by atoms with E-state index in [0.717, 1.165) is 50.5 Å². The van der Waals surface area contributed by atoms with E-state index in [0.29, 0.717) is 122 Å². The molecule has 2 saturated heterocycles. The van der Waals surface area contributed by atoms with Crippen LogP contribution in [0.2, 0.25) is 0 Å². The third kappa shape index (κ3) is 11.6. The van der Waals surface area contributed by atoms with Gasteiger partial charge < -0.3 is 48.1 Å². The summed E-state index contributed by atoms with van der Waals surface area (Å²) in [6, 6.07) is 14.8. The van der Waals surface area contributed by atoms with Gasteiger partial charge >= 0.3 is 30.0 Å². The lowest BCUT2D eigenvalue weighted by Gasteiger charge is -2.38. The number of pyridine rings is 4. The first-order chi connectivity index (χ1) is 41.1. The van der Waals surface area contributed by atoms with E-state index < -0.39 is 52.7 Å². The Morgan fingerprint density at radius 2 is 1.20 bits per heavy atom. The molecule has 25 heteroatoms. The Bertz CT molecular complexity index is 3940. The van der Waals surface area contributed by atoms with Gasteiger partial charge in [-0.1, -0.05) is 44.0 Å². The first kappa shape index (κ1) is 63.4. The van der Waals surface area contributed by atoms with Gasteiger partial charge in [0.2, 0.25) is 11.2 Å². The fraction of sp³-hybridized carbons (Fsp3) is 0.468. The normalized spacial score (nSPS) is 19.3. The molecule has 2 unspecified atom stereocenters. The predicted molar refractivity (Wildman–Crippen MR) is 321 cm³/mol. The fourth-order valence-corrected chi connectivity index (χ4v) is 12.8. The van der Waals surface area contributed by atoms with Crippen molar-refractivity contribution in [1.82, 2.24) is 29.3 Å². The number of benzene rings is 2. The van der Waals surface area contributed by atoms with Crippen molar-refractivity contribution in [3.05, 3.63) is 119 Å². The number of esters is 4. The molecule has 0 spiro atoms. The summed E-state index contributed by atoms with van der Waals surface area (Å²) in [5, 5.41) is 20.3. The first-order valence-electron chi connectivity index (χ1n) is 29.1. The number of halogens is 2. The number of phenolic OH excluding ortho intramolecular Hbond substituents is 1. The third-order valence-corrected chi connectivity index (χ3v) is 17.2. The van der Waals surface area contributed by atoms with Gasteiger partial charge in [-0.15, -0.1) is 12.4 Å². The van der Waals surface area contributed by atoms with Crippen LogP contribution in [0, 0.1) is 24.3 Å². The number of phenols is 1. The van der Waals surface area contributed by atoms with Crippen LogP contribution in [0.4, 0.5) is 4.79 Å². The van der Waals surface area contributed by atoms with Crippen molar-refractivity contribution in [1.29, 1.82) is 5.53 Å². The quantitative estimate of drug-likeness (QED) is 0.0524. The zero-order valence-corrected chi connectivity index (χ0v) is 51.4. The number of likely N-dealkylation sites (tertiary alicyclic amines) is 1. The maximum absolute atomic E-state index is 14.0. The SMILES string of the molecule is CCc1c2c(nc3ccc(C)cc13)-c1cc3c(c(=O)n1C2)COC(=O)C3(CC)OC(=O)C1CCN(C(=O)OC(C)(C)C)CC1.CCc1c2c(nc3ccc(O)cc13)-c1cc3c(c(=O)n1C2)COC(=O)C3(CC)OC(=O)C1CCNCC1.Cl.N=NN=NCl. The molecule has 1 amide bonds. The first-order valence-corrected chi connectivity index (χ1v) is 29.5. The minimum Gasteiger partial charge on any atom is -0.508 e. The van der Waals surface area contributed by atoms with Crippen LogP contribution in [0.3, 0.4) is 0 Å². The van der Waals surface area contributed by atoms with E-state index in [2.05, 4.69) is 45.2 Å². The smallest absolute Gasteiger partial charge is 0.410 e. The van der Waals surface area contributed by atoms with Crippen LogP contribution in [0.25, 0.3) is 44.6 Å². The predicted octanol–water partition coefficient (Wildman–Crippen LogP) is 10.0. The molecule has 0 aliphatic carbocycles. The zero-order valence-electron chi connectivity index (χ0n) is 49.8. The number of aromatic nitrogens is 4. The molecular weight excluding hydrogens is 1160 g/mol. The van der Waals surface area contributed by atoms with Gasteiger partial charge in [-0.25, -0.2) is 24.4 Å². The monoisotopic (exact) mass is 1230 g/mol. The second-order valence-electron chi connectivity index (χ2n) is 23.3. The van der Waals surface area contributed by atoms with Crippen molar-refractivity contribution >= 4 is 76.0 Å². The molecule has 12 rings (SSSR count). The van der Waals surface area contributed by atoms with Gasteiger partial charge in [-0.3, -0.25) is 19.2 Å². The molecule has 6 aromatic rings. The molecule has 6 aliphatic rings. The summed E-state index contributed by atoms with van der Waals surface area (Å²) in [6.07, 6.45) is 3.31. The van der Waals surface area contributed by atoms with Crippen molar-refractivity contribution in [2.24, 2.45) is 26.9 Å².